The molecule has 0 aromatic rings. The van der Waals surface area contributed by atoms with Gasteiger partial charge in [0.1, 0.15) is 6.04 Å². The van der Waals surface area contributed by atoms with Gasteiger partial charge < -0.3 is 15.5 Å². The highest BCUT2D eigenvalue weighted by molar-refractivity contribution is 5.88. The first-order valence-electron chi connectivity index (χ1n) is 7.57. The van der Waals surface area contributed by atoms with Gasteiger partial charge in [-0.1, -0.05) is 0 Å². The summed E-state index contributed by atoms with van der Waals surface area (Å²) in [6.07, 6.45) is 6.75. The predicted octanol–water partition coefficient (Wildman–Crippen LogP) is 0.820. The van der Waals surface area contributed by atoms with Crippen LogP contribution < -0.4 is 10.6 Å². The lowest BCUT2D eigenvalue weighted by atomic mass is 10.1. The van der Waals surface area contributed by atoms with Crippen molar-refractivity contribution in [2.24, 2.45) is 0 Å². The molecule has 3 rings (SSSR count). The Labute approximate surface area is 126 Å². The van der Waals surface area contributed by atoms with Gasteiger partial charge in [0.15, 0.2) is 0 Å². The first-order chi connectivity index (χ1) is 9.24. The minimum Gasteiger partial charge on any atom is -0.352 e. The Hall–Kier alpha value is -0.810. The molecule has 1 aliphatic carbocycles. The van der Waals surface area contributed by atoms with E-state index in [0.717, 1.165) is 51.6 Å². The van der Waals surface area contributed by atoms with Crippen LogP contribution in [0, 0.1) is 0 Å². The van der Waals surface area contributed by atoms with E-state index >= 15 is 0 Å². The molecule has 2 heterocycles. The maximum Gasteiger partial charge on any atom is 0.243 e. The van der Waals surface area contributed by atoms with Gasteiger partial charge in [-0.3, -0.25) is 9.59 Å². The summed E-state index contributed by atoms with van der Waals surface area (Å²) in [5.41, 5.74) is 0. The number of rotatable bonds is 4. The van der Waals surface area contributed by atoms with Crippen LogP contribution in [-0.4, -0.2) is 47.9 Å². The Kier molecular flexibility index (Phi) is 5.27. The molecule has 0 bridgehead atoms. The first kappa shape index (κ1) is 15.6. The van der Waals surface area contributed by atoms with Gasteiger partial charge in [-0.25, -0.2) is 0 Å². The van der Waals surface area contributed by atoms with Crippen molar-refractivity contribution in [1.82, 2.24) is 15.5 Å². The molecule has 2 unspecified atom stereocenters. The molecule has 3 fully saturated rings. The van der Waals surface area contributed by atoms with Crippen molar-refractivity contribution in [2.45, 2.75) is 63.1 Å². The zero-order valence-corrected chi connectivity index (χ0v) is 12.6. The van der Waals surface area contributed by atoms with Crippen molar-refractivity contribution in [3.63, 3.8) is 0 Å². The van der Waals surface area contributed by atoms with Gasteiger partial charge in [0.2, 0.25) is 11.8 Å². The number of hydrogen-bond acceptors (Lipinski definition) is 3. The number of hydrogen-bond donors (Lipinski definition) is 2. The van der Waals surface area contributed by atoms with Gasteiger partial charge in [-0.15, -0.1) is 12.4 Å². The molecule has 6 heteroatoms. The molecule has 114 valence electrons. The maximum absolute atomic E-state index is 12.3. The van der Waals surface area contributed by atoms with Crippen molar-refractivity contribution in [1.29, 1.82) is 0 Å². The van der Waals surface area contributed by atoms with Crippen LogP contribution in [0.15, 0.2) is 0 Å². The number of likely N-dealkylation sites (tertiary alicyclic amines) is 1. The molecule has 5 nitrogen and oxygen atoms in total. The summed E-state index contributed by atoms with van der Waals surface area (Å²) in [6, 6.07) is 0.483. The zero-order valence-electron chi connectivity index (χ0n) is 11.8. The van der Waals surface area contributed by atoms with E-state index in [-0.39, 0.29) is 30.3 Å². The van der Waals surface area contributed by atoms with E-state index in [1.54, 1.807) is 4.90 Å². The number of halogens is 1. The molecule has 2 N–H and O–H groups in total. The second-order valence-electron chi connectivity index (χ2n) is 6.03. The van der Waals surface area contributed by atoms with Crippen molar-refractivity contribution < 1.29 is 9.59 Å². The quantitative estimate of drug-likeness (QED) is 0.808. The summed E-state index contributed by atoms with van der Waals surface area (Å²) in [5.74, 6) is 0.209. The number of nitrogens with zero attached hydrogens (tertiary/aromatic N) is 1. The minimum atomic E-state index is -0.213. The zero-order chi connectivity index (χ0) is 13.2. The van der Waals surface area contributed by atoms with Crippen LogP contribution in [0.4, 0.5) is 0 Å². The van der Waals surface area contributed by atoms with E-state index in [1.807, 2.05) is 0 Å². The van der Waals surface area contributed by atoms with Gasteiger partial charge in [0.05, 0.1) is 0 Å². The highest BCUT2D eigenvalue weighted by atomic mass is 35.5. The van der Waals surface area contributed by atoms with Crippen molar-refractivity contribution >= 4 is 24.2 Å². The van der Waals surface area contributed by atoms with Crippen LogP contribution in [0.2, 0.25) is 0 Å². The third-order valence-electron chi connectivity index (χ3n) is 4.38. The SMILES string of the molecule is Cl.O=C(NC1CC1)C1CCCN1C(=O)CC1CCCN1. The second-order valence-corrected chi connectivity index (χ2v) is 6.03. The van der Waals surface area contributed by atoms with Crippen LogP contribution in [0.3, 0.4) is 0 Å². The Morgan fingerprint density at radius 2 is 1.95 bits per heavy atom. The molecule has 0 aromatic carbocycles. The third kappa shape index (κ3) is 3.64. The number of nitrogens with one attached hydrogen (secondary N) is 2. The minimum absolute atomic E-state index is 0. The largest absolute Gasteiger partial charge is 0.352 e. The van der Waals surface area contributed by atoms with Crippen molar-refractivity contribution in [2.75, 3.05) is 13.1 Å². The van der Waals surface area contributed by atoms with E-state index in [0.29, 0.717) is 18.5 Å². The van der Waals surface area contributed by atoms with Gasteiger partial charge in [0.25, 0.3) is 0 Å². The van der Waals surface area contributed by atoms with Crippen molar-refractivity contribution in [3.8, 4) is 0 Å². The molecular formula is C14H24ClN3O2. The molecular weight excluding hydrogens is 278 g/mol. The average Bonchev–Trinajstić information content (AvgIpc) is 2.91. The van der Waals surface area contributed by atoms with Crippen LogP contribution in [0.5, 0.6) is 0 Å². The lowest BCUT2D eigenvalue weighted by Crippen LogP contribution is -2.47. The Morgan fingerprint density at radius 3 is 2.60 bits per heavy atom. The van der Waals surface area contributed by atoms with E-state index < -0.39 is 0 Å². The predicted molar refractivity (Wildman–Crippen MR) is 78.8 cm³/mol. The normalized spacial score (nSPS) is 29.1. The Bertz CT molecular complexity index is 367. The fourth-order valence-corrected chi connectivity index (χ4v) is 3.12. The number of carbonyl (C=O) groups excluding carboxylic acids is 2. The van der Waals surface area contributed by atoms with Gasteiger partial charge in [-0.2, -0.15) is 0 Å². The summed E-state index contributed by atoms with van der Waals surface area (Å²) < 4.78 is 0. The van der Waals surface area contributed by atoms with Crippen LogP contribution in [-0.2, 0) is 9.59 Å². The fraction of sp³-hybridized carbons (Fsp3) is 0.857. The van der Waals surface area contributed by atoms with Crippen LogP contribution >= 0.6 is 12.4 Å². The molecule has 2 aliphatic heterocycles. The molecule has 1 saturated carbocycles. The molecule has 3 aliphatic rings. The molecule has 2 saturated heterocycles. The highest BCUT2D eigenvalue weighted by Gasteiger charge is 2.36. The van der Waals surface area contributed by atoms with Gasteiger partial charge in [0, 0.05) is 25.0 Å². The smallest absolute Gasteiger partial charge is 0.243 e. The molecule has 0 aromatic heterocycles. The van der Waals surface area contributed by atoms with Gasteiger partial charge >= 0.3 is 0 Å². The lowest BCUT2D eigenvalue weighted by molar-refractivity contribution is -0.138. The highest BCUT2D eigenvalue weighted by Crippen LogP contribution is 2.23. The summed E-state index contributed by atoms with van der Waals surface area (Å²) in [5, 5.41) is 6.38. The Balaban J connectivity index is 0.00000147. The Morgan fingerprint density at radius 1 is 1.15 bits per heavy atom. The first-order valence-corrected chi connectivity index (χ1v) is 7.57. The molecule has 20 heavy (non-hydrogen) atoms. The topological polar surface area (TPSA) is 61.4 Å². The summed E-state index contributed by atoms with van der Waals surface area (Å²) in [6.45, 7) is 1.76. The molecule has 0 radical (unpaired) electrons. The second kappa shape index (κ2) is 6.76. The standard InChI is InChI=1S/C14H23N3O2.ClH/c18-13(9-11-3-1-7-15-11)17-8-2-4-12(17)14(19)16-10-5-6-10;/h10-12,15H,1-9H2,(H,16,19);1H. The lowest BCUT2D eigenvalue weighted by Gasteiger charge is -2.25. The molecule has 0 spiro atoms. The molecule has 2 atom stereocenters. The van der Waals surface area contributed by atoms with Crippen molar-refractivity contribution in [3.05, 3.63) is 0 Å². The van der Waals surface area contributed by atoms with E-state index in [1.165, 1.54) is 0 Å². The van der Waals surface area contributed by atoms with Gasteiger partial charge in [-0.05, 0) is 45.1 Å². The van der Waals surface area contributed by atoms with E-state index in [9.17, 15) is 9.59 Å². The summed E-state index contributed by atoms with van der Waals surface area (Å²) in [4.78, 5) is 26.3. The average molecular weight is 302 g/mol. The number of carbonyl (C=O) groups is 2. The third-order valence-corrected chi connectivity index (χ3v) is 4.38. The van der Waals surface area contributed by atoms with Crippen LogP contribution in [0.25, 0.3) is 0 Å². The molecule has 2 amide bonds. The summed E-state index contributed by atoms with van der Waals surface area (Å²) >= 11 is 0. The number of amides is 2. The van der Waals surface area contributed by atoms with Crippen LogP contribution in [0.1, 0.15) is 44.9 Å². The van der Waals surface area contributed by atoms with E-state index in [4.69, 9.17) is 0 Å². The maximum atomic E-state index is 12.3. The van der Waals surface area contributed by atoms with E-state index in [2.05, 4.69) is 10.6 Å². The fourth-order valence-electron chi connectivity index (χ4n) is 3.12. The summed E-state index contributed by atoms with van der Waals surface area (Å²) in [7, 11) is 0. The monoisotopic (exact) mass is 301 g/mol.